The molecule has 0 radical (unpaired) electrons. The molecule has 5 heteroatoms. The Morgan fingerprint density at radius 1 is 0.769 bits per heavy atom. The Balaban J connectivity index is 1.79. The van der Waals surface area contributed by atoms with Crippen molar-refractivity contribution < 1.29 is 9.47 Å². The van der Waals surface area contributed by atoms with Crippen LogP contribution in [0, 0.1) is 6.92 Å². The average Bonchev–Trinajstić information content (AvgIpc) is 3.10. The summed E-state index contributed by atoms with van der Waals surface area (Å²) in [6.07, 6.45) is 0. The van der Waals surface area contributed by atoms with E-state index in [1.54, 1.807) is 11.3 Å². The van der Waals surface area contributed by atoms with E-state index in [9.17, 15) is 0 Å². The highest BCUT2D eigenvalue weighted by molar-refractivity contribution is 9.11. The van der Waals surface area contributed by atoms with Crippen LogP contribution in [0.5, 0.6) is 11.5 Å². The number of benzene rings is 1. The maximum atomic E-state index is 6.44. The first-order chi connectivity index (χ1) is 12.2. The number of halogens is 1. The molecule has 0 aliphatic carbocycles. The Bertz CT molecular complexity index is 986. The minimum atomic E-state index is -0.345. The maximum absolute atomic E-state index is 6.44. The molecule has 0 unspecified atom stereocenters. The van der Waals surface area contributed by atoms with Crippen molar-refractivity contribution in [3.63, 3.8) is 0 Å². The molecule has 0 atom stereocenters. The standard InChI is InChI=1S/C21H19BrO2S2/c1-10-6-13-18(25-10)11-7-16-12(8-15(11)23-20(13,2)3)19-14(9-17(22)26-19)21(4,5)24-16/h6-9H,1-5H3. The van der Waals surface area contributed by atoms with Gasteiger partial charge < -0.3 is 9.47 Å². The molecule has 0 saturated heterocycles. The molecule has 0 amide bonds. The van der Waals surface area contributed by atoms with Crippen LogP contribution in [0.15, 0.2) is 28.1 Å². The summed E-state index contributed by atoms with van der Waals surface area (Å²) >= 11 is 7.24. The molecule has 0 fully saturated rings. The fourth-order valence-corrected chi connectivity index (χ4v) is 6.87. The Kier molecular flexibility index (Phi) is 3.34. The van der Waals surface area contributed by atoms with Gasteiger partial charge in [0.05, 0.1) is 3.79 Å². The zero-order valence-corrected chi connectivity index (χ0v) is 18.5. The minimum absolute atomic E-state index is 0.324. The smallest absolute Gasteiger partial charge is 0.130 e. The van der Waals surface area contributed by atoms with Gasteiger partial charge in [0.15, 0.2) is 0 Å². The number of hydrogen-bond acceptors (Lipinski definition) is 4. The van der Waals surface area contributed by atoms with Gasteiger partial charge in [-0.05, 0) is 74.8 Å². The monoisotopic (exact) mass is 446 g/mol. The maximum Gasteiger partial charge on any atom is 0.130 e. The van der Waals surface area contributed by atoms with Crippen molar-refractivity contribution in [1.82, 2.24) is 0 Å². The summed E-state index contributed by atoms with van der Waals surface area (Å²) in [5.41, 5.74) is 4.09. The van der Waals surface area contributed by atoms with Gasteiger partial charge in [0.1, 0.15) is 22.7 Å². The molecule has 3 aromatic rings. The molecule has 26 heavy (non-hydrogen) atoms. The molecule has 0 bridgehead atoms. The highest BCUT2D eigenvalue weighted by Crippen LogP contribution is 2.56. The SMILES string of the molecule is Cc1cc2c(s1)-c1cc3c(cc1OC2(C)C)-c1sc(Br)cc1C(C)(C)O3. The van der Waals surface area contributed by atoms with Gasteiger partial charge in [-0.1, -0.05) is 0 Å². The van der Waals surface area contributed by atoms with Crippen LogP contribution in [0.1, 0.15) is 43.7 Å². The van der Waals surface area contributed by atoms with Crippen molar-refractivity contribution in [1.29, 1.82) is 0 Å². The summed E-state index contributed by atoms with van der Waals surface area (Å²) in [6, 6.07) is 8.77. The largest absolute Gasteiger partial charge is 0.482 e. The van der Waals surface area contributed by atoms with Gasteiger partial charge in [-0.25, -0.2) is 0 Å². The first-order valence-corrected chi connectivity index (χ1v) is 11.1. The first-order valence-electron chi connectivity index (χ1n) is 8.63. The molecule has 0 N–H and O–H groups in total. The van der Waals surface area contributed by atoms with E-state index in [0.29, 0.717) is 0 Å². The van der Waals surface area contributed by atoms with Crippen LogP contribution in [0.25, 0.3) is 20.9 Å². The topological polar surface area (TPSA) is 18.5 Å². The molecule has 134 valence electrons. The summed E-state index contributed by atoms with van der Waals surface area (Å²) < 4.78 is 14.0. The van der Waals surface area contributed by atoms with Crippen LogP contribution >= 0.6 is 38.6 Å². The van der Waals surface area contributed by atoms with Gasteiger partial charge >= 0.3 is 0 Å². The van der Waals surface area contributed by atoms with Crippen LogP contribution in [0.4, 0.5) is 0 Å². The predicted molar refractivity (Wildman–Crippen MR) is 113 cm³/mol. The summed E-state index contributed by atoms with van der Waals surface area (Å²) in [5, 5.41) is 0. The van der Waals surface area contributed by atoms with Crippen molar-refractivity contribution in [3.8, 4) is 32.4 Å². The lowest BCUT2D eigenvalue weighted by Gasteiger charge is -2.36. The molecule has 2 nitrogen and oxygen atoms in total. The Hall–Kier alpha value is -1.30. The zero-order valence-electron chi connectivity index (χ0n) is 15.3. The van der Waals surface area contributed by atoms with Crippen molar-refractivity contribution in [3.05, 3.63) is 44.1 Å². The predicted octanol–water partition coefficient (Wildman–Crippen LogP) is 7.47. The molecule has 2 aromatic heterocycles. The summed E-state index contributed by atoms with van der Waals surface area (Å²) in [7, 11) is 0. The van der Waals surface area contributed by atoms with E-state index in [2.05, 4.69) is 74.8 Å². The Morgan fingerprint density at radius 2 is 1.27 bits per heavy atom. The number of fused-ring (bicyclic) bond motifs is 6. The van der Waals surface area contributed by atoms with Gasteiger partial charge in [-0.3, -0.25) is 0 Å². The van der Waals surface area contributed by atoms with Crippen LogP contribution in [0.3, 0.4) is 0 Å². The van der Waals surface area contributed by atoms with Gasteiger partial charge in [-0.2, -0.15) is 0 Å². The van der Waals surface area contributed by atoms with Gasteiger partial charge in [0.25, 0.3) is 0 Å². The fraction of sp³-hybridized carbons (Fsp3) is 0.333. The fourth-order valence-electron chi connectivity index (χ4n) is 3.91. The van der Waals surface area contributed by atoms with Crippen LogP contribution in [-0.4, -0.2) is 0 Å². The van der Waals surface area contributed by atoms with Crippen molar-refractivity contribution >= 4 is 38.6 Å². The molecular formula is C21H19BrO2S2. The lowest BCUT2D eigenvalue weighted by Crippen LogP contribution is -2.30. The second-order valence-corrected chi connectivity index (χ2v) is 11.7. The molecule has 5 rings (SSSR count). The number of aryl methyl sites for hydroxylation is 1. The molecule has 1 aromatic carbocycles. The van der Waals surface area contributed by atoms with E-state index in [1.807, 2.05) is 11.3 Å². The van der Waals surface area contributed by atoms with E-state index in [-0.39, 0.29) is 11.2 Å². The number of rotatable bonds is 0. The lowest BCUT2D eigenvalue weighted by atomic mass is 9.88. The highest BCUT2D eigenvalue weighted by Gasteiger charge is 2.39. The van der Waals surface area contributed by atoms with Crippen molar-refractivity contribution in [2.75, 3.05) is 0 Å². The Labute approximate surface area is 169 Å². The molecule has 2 aliphatic rings. The van der Waals surface area contributed by atoms with Crippen LogP contribution < -0.4 is 9.47 Å². The Morgan fingerprint density at radius 3 is 1.85 bits per heavy atom. The third kappa shape index (κ3) is 2.26. The summed E-state index contributed by atoms with van der Waals surface area (Å²) in [6.45, 7) is 10.7. The number of thiophene rings is 2. The normalized spacial score (nSPS) is 18.1. The molecular weight excluding hydrogens is 428 g/mol. The summed E-state index contributed by atoms with van der Waals surface area (Å²) in [4.78, 5) is 3.87. The van der Waals surface area contributed by atoms with Crippen molar-refractivity contribution in [2.24, 2.45) is 0 Å². The van der Waals surface area contributed by atoms with Crippen molar-refractivity contribution in [2.45, 2.75) is 45.8 Å². The molecule has 2 aliphatic heterocycles. The molecule has 4 heterocycles. The van der Waals surface area contributed by atoms with Crippen LogP contribution in [0.2, 0.25) is 0 Å². The summed E-state index contributed by atoms with van der Waals surface area (Å²) in [5.74, 6) is 1.89. The zero-order chi connectivity index (χ0) is 18.4. The van der Waals surface area contributed by atoms with Gasteiger partial charge in [0, 0.05) is 36.9 Å². The number of hydrogen-bond donors (Lipinski definition) is 0. The average molecular weight is 447 g/mol. The van der Waals surface area contributed by atoms with E-state index in [0.717, 1.165) is 26.4 Å². The lowest BCUT2D eigenvalue weighted by molar-refractivity contribution is 0.100. The minimum Gasteiger partial charge on any atom is -0.482 e. The third-order valence-electron chi connectivity index (χ3n) is 5.16. The van der Waals surface area contributed by atoms with Crippen LogP contribution in [-0.2, 0) is 11.2 Å². The van der Waals surface area contributed by atoms with E-state index >= 15 is 0 Å². The third-order valence-corrected chi connectivity index (χ3v) is 7.91. The quantitative estimate of drug-likeness (QED) is 0.356. The number of ether oxygens (including phenoxy) is 2. The second-order valence-electron chi connectivity index (χ2n) is 7.96. The first kappa shape index (κ1) is 16.8. The second kappa shape index (κ2) is 5.15. The highest BCUT2D eigenvalue weighted by atomic mass is 79.9. The van der Waals surface area contributed by atoms with E-state index in [1.165, 1.54) is 25.8 Å². The molecule has 0 saturated carbocycles. The van der Waals surface area contributed by atoms with E-state index < -0.39 is 0 Å². The van der Waals surface area contributed by atoms with Gasteiger partial charge in [-0.15, -0.1) is 22.7 Å². The molecule has 0 spiro atoms. The van der Waals surface area contributed by atoms with E-state index in [4.69, 9.17) is 9.47 Å². The van der Waals surface area contributed by atoms with Gasteiger partial charge in [0.2, 0.25) is 0 Å².